The van der Waals surface area contributed by atoms with Crippen LogP contribution in [0.4, 0.5) is 5.82 Å². The number of aryl methyl sites for hydroxylation is 1. The summed E-state index contributed by atoms with van der Waals surface area (Å²) in [4.78, 5) is 26.1. The highest BCUT2D eigenvalue weighted by Crippen LogP contribution is 2.46. The molecule has 178 valence electrons. The molecule has 2 atom stereocenters. The van der Waals surface area contributed by atoms with Crippen LogP contribution in [-0.4, -0.2) is 42.3 Å². The van der Waals surface area contributed by atoms with Crippen LogP contribution in [-0.2, 0) is 4.79 Å². The van der Waals surface area contributed by atoms with Gasteiger partial charge in [0.05, 0.1) is 22.0 Å². The predicted octanol–water partition coefficient (Wildman–Crippen LogP) is 5.35. The first-order valence-electron chi connectivity index (χ1n) is 11.9. The van der Waals surface area contributed by atoms with Crippen molar-refractivity contribution in [1.29, 1.82) is 0 Å². The highest BCUT2D eigenvalue weighted by atomic mass is 35.5. The monoisotopic (exact) mass is 488 g/mol. The number of hydrogen-bond acceptors (Lipinski definition) is 6. The number of aromatic amines is 1. The van der Waals surface area contributed by atoms with E-state index in [0.29, 0.717) is 33.9 Å². The average Bonchev–Trinajstić information content (AvgIpc) is 3.28. The van der Waals surface area contributed by atoms with Crippen molar-refractivity contribution in [1.82, 2.24) is 25.1 Å². The Hall–Kier alpha value is -3.52. The summed E-state index contributed by atoms with van der Waals surface area (Å²) in [5.74, 6) is 0.429. The molecule has 3 N–H and O–H groups in total. The fourth-order valence-electron chi connectivity index (χ4n) is 5.73. The molecule has 3 aromatic heterocycles. The van der Waals surface area contributed by atoms with Gasteiger partial charge in [0.1, 0.15) is 11.5 Å². The lowest BCUT2D eigenvalue weighted by Crippen LogP contribution is -2.51. The number of H-pyrrole nitrogens is 1. The van der Waals surface area contributed by atoms with Gasteiger partial charge in [-0.1, -0.05) is 41.4 Å². The molecule has 3 aliphatic carbocycles. The van der Waals surface area contributed by atoms with Gasteiger partial charge in [-0.2, -0.15) is 5.10 Å². The molecule has 0 spiro atoms. The van der Waals surface area contributed by atoms with Crippen LogP contribution in [0.25, 0.3) is 33.8 Å². The number of nitrogens with zero attached hydrogens (tertiary/aromatic N) is 4. The third kappa shape index (κ3) is 4.01. The van der Waals surface area contributed by atoms with Crippen LogP contribution in [0.2, 0.25) is 5.02 Å². The summed E-state index contributed by atoms with van der Waals surface area (Å²) >= 11 is 6.21. The SMILES string of the molecule is Cc1ccc(-c2cc(NC3C4CCC(CC4)C3C(=O)O)nc(-c3[nH]nc4ncc(Cl)cc34)n2)cc1. The van der Waals surface area contributed by atoms with Crippen molar-refractivity contribution in [2.45, 2.75) is 38.6 Å². The molecule has 3 fully saturated rings. The van der Waals surface area contributed by atoms with Gasteiger partial charge in [0.2, 0.25) is 0 Å². The van der Waals surface area contributed by atoms with Crippen molar-refractivity contribution < 1.29 is 9.90 Å². The van der Waals surface area contributed by atoms with Gasteiger partial charge in [0.25, 0.3) is 0 Å². The zero-order chi connectivity index (χ0) is 24.1. The smallest absolute Gasteiger partial charge is 0.308 e. The minimum Gasteiger partial charge on any atom is -0.481 e. The van der Waals surface area contributed by atoms with E-state index in [1.165, 1.54) is 0 Å². The second kappa shape index (κ2) is 8.61. The zero-order valence-electron chi connectivity index (χ0n) is 19.2. The maximum Gasteiger partial charge on any atom is 0.308 e. The van der Waals surface area contributed by atoms with E-state index in [1.807, 2.05) is 37.3 Å². The van der Waals surface area contributed by atoms with Crippen molar-refractivity contribution in [2.75, 3.05) is 5.32 Å². The molecule has 3 aliphatic rings. The summed E-state index contributed by atoms with van der Waals surface area (Å²) in [6.45, 7) is 2.04. The number of benzene rings is 1. The van der Waals surface area contributed by atoms with Crippen LogP contribution >= 0.6 is 11.6 Å². The molecule has 8 nitrogen and oxygen atoms in total. The maximum absolute atomic E-state index is 12.2. The molecular formula is C26H25ClN6O2. The number of halogens is 1. The Morgan fingerprint density at radius 1 is 1.09 bits per heavy atom. The molecule has 4 aromatic rings. The van der Waals surface area contributed by atoms with Crippen LogP contribution in [0.1, 0.15) is 31.2 Å². The van der Waals surface area contributed by atoms with Gasteiger partial charge in [-0.25, -0.2) is 15.0 Å². The third-order valence-corrected chi connectivity index (χ3v) is 7.70. The van der Waals surface area contributed by atoms with E-state index in [4.69, 9.17) is 21.6 Å². The molecule has 3 saturated carbocycles. The number of rotatable bonds is 5. The number of carboxylic acids is 1. The zero-order valence-corrected chi connectivity index (χ0v) is 20.0. The van der Waals surface area contributed by atoms with E-state index in [1.54, 1.807) is 12.3 Å². The van der Waals surface area contributed by atoms with Gasteiger partial charge in [-0.05, 0) is 50.5 Å². The molecule has 1 aromatic carbocycles. The van der Waals surface area contributed by atoms with Crippen LogP contribution in [0, 0.1) is 24.7 Å². The van der Waals surface area contributed by atoms with Crippen molar-refractivity contribution in [3.8, 4) is 22.8 Å². The minimum atomic E-state index is -0.731. The first-order valence-corrected chi connectivity index (χ1v) is 12.3. The lowest BCUT2D eigenvalue weighted by Gasteiger charge is -2.47. The minimum absolute atomic E-state index is 0.164. The summed E-state index contributed by atoms with van der Waals surface area (Å²) in [5.41, 5.74) is 3.99. The van der Waals surface area contributed by atoms with Crippen molar-refractivity contribution >= 4 is 34.4 Å². The second-order valence-electron chi connectivity index (χ2n) is 9.66. The highest BCUT2D eigenvalue weighted by Gasteiger charge is 2.47. The molecule has 0 radical (unpaired) electrons. The van der Waals surface area contributed by atoms with Crippen LogP contribution in [0.15, 0.2) is 42.6 Å². The number of aromatic nitrogens is 5. The summed E-state index contributed by atoms with van der Waals surface area (Å²) in [6, 6.07) is 11.7. The van der Waals surface area contributed by atoms with Crippen LogP contribution < -0.4 is 5.32 Å². The quantitative estimate of drug-likeness (QED) is 0.347. The number of carbonyl (C=O) groups is 1. The van der Waals surface area contributed by atoms with E-state index in [2.05, 4.69) is 20.5 Å². The number of hydrogen-bond donors (Lipinski definition) is 3. The molecule has 0 aliphatic heterocycles. The number of carboxylic acid groups (broad SMARTS) is 1. The molecule has 35 heavy (non-hydrogen) atoms. The molecule has 2 bridgehead atoms. The normalized spacial score (nSPS) is 23.5. The Labute approximate surface area is 207 Å². The van der Waals surface area contributed by atoms with Gasteiger partial charge in [-0.15, -0.1) is 0 Å². The summed E-state index contributed by atoms with van der Waals surface area (Å²) in [7, 11) is 0. The van der Waals surface area contributed by atoms with Crippen molar-refractivity contribution in [3.05, 3.63) is 53.2 Å². The Balaban J connectivity index is 1.46. The van der Waals surface area contributed by atoms with Gasteiger partial charge in [0.15, 0.2) is 11.5 Å². The van der Waals surface area contributed by atoms with Crippen molar-refractivity contribution in [2.24, 2.45) is 17.8 Å². The van der Waals surface area contributed by atoms with E-state index >= 15 is 0 Å². The first kappa shape index (κ1) is 22.0. The third-order valence-electron chi connectivity index (χ3n) is 7.49. The maximum atomic E-state index is 12.2. The lowest BCUT2D eigenvalue weighted by atomic mass is 9.61. The molecule has 2 unspecified atom stereocenters. The van der Waals surface area contributed by atoms with Gasteiger partial charge < -0.3 is 10.4 Å². The predicted molar refractivity (Wildman–Crippen MR) is 134 cm³/mol. The second-order valence-corrected chi connectivity index (χ2v) is 10.1. The van der Waals surface area contributed by atoms with E-state index < -0.39 is 11.9 Å². The molecule has 3 heterocycles. The molecular weight excluding hydrogens is 464 g/mol. The largest absolute Gasteiger partial charge is 0.481 e. The van der Waals surface area contributed by atoms with Crippen molar-refractivity contribution in [3.63, 3.8) is 0 Å². The Morgan fingerprint density at radius 2 is 1.83 bits per heavy atom. The average molecular weight is 489 g/mol. The Morgan fingerprint density at radius 3 is 2.57 bits per heavy atom. The summed E-state index contributed by atoms with van der Waals surface area (Å²) < 4.78 is 0. The number of aliphatic carboxylic acids is 1. The van der Waals surface area contributed by atoms with Gasteiger partial charge in [-0.3, -0.25) is 9.89 Å². The van der Waals surface area contributed by atoms with E-state index in [-0.39, 0.29) is 12.0 Å². The molecule has 0 amide bonds. The summed E-state index contributed by atoms with van der Waals surface area (Å²) in [6.07, 6.45) is 5.61. The number of pyridine rings is 1. The van der Waals surface area contributed by atoms with Gasteiger partial charge >= 0.3 is 5.97 Å². The number of nitrogens with one attached hydrogen (secondary N) is 2. The standard InChI is InChI=1S/C26H25ClN6O2/c1-13-2-4-14(5-3-13)19-11-20(30-22-16-8-6-15(7-9-16)21(22)26(34)35)31-25(29-19)23-18-10-17(27)12-28-24(18)33-32-23/h2-5,10-12,15-16,21-22H,6-9H2,1H3,(H,34,35)(H,28,32,33)(H,29,30,31). The number of fused-ring (bicyclic) bond motifs is 4. The Bertz CT molecular complexity index is 1410. The van der Waals surface area contributed by atoms with Gasteiger partial charge in [0, 0.05) is 23.9 Å². The topological polar surface area (TPSA) is 117 Å². The van der Waals surface area contributed by atoms with E-state index in [0.717, 1.165) is 47.9 Å². The Kier molecular flexibility index (Phi) is 5.40. The summed E-state index contributed by atoms with van der Waals surface area (Å²) in [5, 5.41) is 22.1. The number of anilines is 1. The van der Waals surface area contributed by atoms with Crippen LogP contribution in [0.5, 0.6) is 0 Å². The fourth-order valence-corrected chi connectivity index (χ4v) is 5.89. The first-order chi connectivity index (χ1) is 17.0. The van der Waals surface area contributed by atoms with E-state index in [9.17, 15) is 9.90 Å². The molecule has 7 rings (SSSR count). The molecule has 9 heteroatoms. The molecule has 0 saturated heterocycles. The highest BCUT2D eigenvalue weighted by molar-refractivity contribution is 6.31. The lowest BCUT2D eigenvalue weighted by molar-refractivity contribution is -0.148. The fraction of sp³-hybridized carbons (Fsp3) is 0.346. The van der Waals surface area contributed by atoms with Crippen LogP contribution in [0.3, 0.4) is 0 Å².